The Balaban J connectivity index is 1.42. The van der Waals surface area contributed by atoms with Crippen LogP contribution in [-0.2, 0) is 9.59 Å². The van der Waals surface area contributed by atoms with Gasteiger partial charge in [0.15, 0.2) is 4.34 Å². The summed E-state index contributed by atoms with van der Waals surface area (Å²) < 4.78 is 0.825. The Morgan fingerprint density at radius 1 is 1.19 bits per heavy atom. The number of thioether (sulfide) groups is 1. The van der Waals surface area contributed by atoms with E-state index in [1.807, 2.05) is 11.8 Å². The van der Waals surface area contributed by atoms with Gasteiger partial charge < -0.3 is 15.1 Å². The fraction of sp³-hybridized carbons (Fsp3) is 0.765. The van der Waals surface area contributed by atoms with E-state index in [2.05, 4.69) is 20.4 Å². The molecule has 2 aliphatic rings. The molecule has 7 nitrogen and oxygen atoms in total. The van der Waals surface area contributed by atoms with Crippen LogP contribution < -0.4 is 10.2 Å². The highest BCUT2D eigenvalue weighted by Gasteiger charge is 2.23. The Labute approximate surface area is 162 Å². The molecule has 0 aromatic carbocycles. The first-order chi connectivity index (χ1) is 12.7. The van der Waals surface area contributed by atoms with Gasteiger partial charge in [0, 0.05) is 38.6 Å². The average Bonchev–Trinajstić information content (AvgIpc) is 3.32. The summed E-state index contributed by atoms with van der Waals surface area (Å²) in [5.74, 6) is 0.723. The van der Waals surface area contributed by atoms with Gasteiger partial charge in [0.25, 0.3) is 0 Å². The van der Waals surface area contributed by atoms with Gasteiger partial charge in [-0.25, -0.2) is 0 Å². The summed E-state index contributed by atoms with van der Waals surface area (Å²) in [5, 5.41) is 12.4. The van der Waals surface area contributed by atoms with Crippen molar-refractivity contribution in [3.63, 3.8) is 0 Å². The highest BCUT2D eigenvalue weighted by atomic mass is 32.2. The molecule has 0 bridgehead atoms. The number of hydrogen-bond acceptors (Lipinski definition) is 7. The minimum absolute atomic E-state index is 0.0849. The van der Waals surface area contributed by atoms with E-state index in [1.54, 1.807) is 0 Å². The van der Waals surface area contributed by atoms with Crippen molar-refractivity contribution in [1.82, 2.24) is 20.4 Å². The van der Waals surface area contributed by atoms with Gasteiger partial charge in [0.05, 0.1) is 5.75 Å². The minimum atomic E-state index is 0.0849. The summed E-state index contributed by atoms with van der Waals surface area (Å²) in [6.45, 7) is 5.09. The number of carbonyl (C=O) groups is 2. The molecule has 1 saturated heterocycles. The number of rotatable bonds is 7. The maximum atomic E-state index is 12.0. The number of carbonyl (C=O) groups excluding carboxylic acids is 2. The number of hydrogen-bond donors (Lipinski definition) is 1. The Morgan fingerprint density at radius 3 is 2.62 bits per heavy atom. The van der Waals surface area contributed by atoms with Gasteiger partial charge in [0.1, 0.15) is 0 Å². The molecule has 2 amide bonds. The van der Waals surface area contributed by atoms with E-state index < -0.39 is 0 Å². The lowest BCUT2D eigenvalue weighted by Crippen LogP contribution is -2.48. The quantitative estimate of drug-likeness (QED) is 0.710. The lowest BCUT2D eigenvalue weighted by Gasteiger charge is -2.34. The fourth-order valence-electron chi connectivity index (χ4n) is 3.37. The second-order valence-electron chi connectivity index (χ2n) is 6.81. The van der Waals surface area contributed by atoms with Crippen LogP contribution in [0.15, 0.2) is 4.34 Å². The number of nitrogens with one attached hydrogen (secondary N) is 1. The number of anilines is 1. The van der Waals surface area contributed by atoms with Gasteiger partial charge >= 0.3 is 0 Å². The maximum absolute atomic E-state index is 12.0. The predicted molar refractivity (Wildman–Crippen MR) is 105 cm³/mol. The third-order valence-corrected chi connectivity index (χ3v) is 6.93. The van der Waals surface area contributed by atoms with Crippen molar-refractivity contribution in [2.45, 2.75) is 55.8 Å². The molecule has 1 aliphatic carbocycles. The van der Waals surface area contributed by atoms with Gasteiger partial charge in [-0.1, -0.05) is 42.9 Å². The van der Waals surface area contributed by atoms with E-state index in [1.165, 1.54) is 35.9 Å². The summed E-state index contributed by atoms with van der Waals surface area (Å²) in [6.07, 6.45) is 6.16. The van der Waals surface area contributed by atoms with E-state index in [0.717, 1.165) is 54.9 Å². The van der Waals surface area contributed by atoms with Crippen molar-refractivity contribution >= 4 is 40.0 Å². The summed E-state index contributed by atoms with van der Waals surface area (Å²) in [6, 6.07) is 0.361. The summed E-state index contributed by atoms with van der Waals surface area (Å²) in [5.41, 5.74) is 0. The van der Waals surface area contributed by atoms with E-state index in [4.69, 9.17) is 0 Å². The van der Waals surface area contributed by atoms with Crippen molar-refractivity contribution in [1.29, 1.82) is 0 Å². The molecule has 26 heavy (non-hydrogen) atoms. The number of aromatic nitrogens is 2. The van der Waals surface area contributed by atoms with Gasteiger partial charge in [0.2, 0.25) is 16.9 Å². The third-order valence-electron chi connectivity index (χ3n) is 4.81. The van der Waals surface area contributed by atoms with E-state index >= 15 is 0 Å². The zero-order chi connectivity index (χ0) is 18.4. The zero-order valence-electron chi connectivity index (χ0n) is 15.3. The second kappa shape index (κ2) is 9.55. The first-order valence-electron chi connectivity index (χ1n) is 9.44. The minimum Gasteiger partial charge on any atom is -0.353 e. The molecule has 1 saturated carbocycles. The highest BCUT2D eigenvalue weighted by Crippen LogP contribution is 2.28. The monoisotopic (exact) mass is 397 g/mol. The summed E-state index contributed by atoms with van der Waals surface area (Å²) in [4.78, 5) is 28.1. The van der Waals surface area contributed by atoms with Crippen LogP contribution in [0.2, 0.25) is 0 Å². The molecule has 3 rings (SSSR count). The summed E-state index contributed by atoms with van der Waals surface area (Å²) in [7, 11) is 0. The molecule has 144 valence electrons. The average molecular weight is 398 g/mol. The van der Waals surface area contributed by atoms with E-state index in [9.17, 15) is 9.59 Å². The molecule has 1 N–H and O–H groups in total. The van der Waals surface area contributed by atoms with Crippen molar-refractivity contribution < 1.29 is 9.59 Å². The standard InChI is InChI=1S/C17H27N5O2S2/c1-2-5-15(24)21-8-10-22(11-9-21)16-19-20-17(26-16)25-12-14(23)18-13-6-3-4-7-13/h13H,2-12H2,1H3,(H,18,23). The van der Waals surface area contributed by atoms with Crippen molar-refractivity contribution in [3.05, 3.63) is 0 Å². The predicted octanol–water partition coefficient (Wildman–Crippen LogP) is 2.14. The van der Waals surface area contributed by atoms with Crippen LogP contribution in [0.3, 0.4) is 0 Å². The first kappa shape index (κ1) is 19.4. The van der Waals surface area contributed by atoms with Crippen LogP contribution >= 0.6 is 23.1 Å². The normalized spacial score (nSPS) is 18.3. The molecule has 2 fully saturated rings. The van der Waals surface area contributed by atoms with Crippen molar-refractivity contribution in [2.75, 3.05) is 36.8 Å². The van der Waals surface area contributed by atoms with Crippen molar-refractivity contribution in [3.8, 4) is 0 Å². The molecule has 0 unspecified atom stereocenters. The zero-order valence-corrected chi connectivity index (χ0v) is 16.9. The van der Waals surface area contributed by atoms with Gasteiger partial charge in [-0.3, -0.25) is 9.59 Å². The molecule has 1 aliphatic heterocycles. The van der Waals surface area contributed by atoms with Gasteiger partial charge in [-0.05, 0) is 19.3 Å². The smallest absolute Gasteiger partial charge is 0.230 e. The molecule has 0 spiro atoms. The molecule has 1 aromatic heterocycles. The van der Waals surface area contributed by atoms with Crippen molar-refractivity contribution in [2.24, 2.45) is 0 Å². The first-order valence-corrected chi connectivity index (χ1v) is 11.2. The second-order valence-corrected chi connectivity index (χ2v) is 8.98. The number of piperazine rings is 1. The van der Waals surface area contributed by atoms with Crippen LogP contribution in [0, 0.1) is 0 Å². The third kappa shape index (κ3) is 5.33. The fourth-order valence-corrected chi connectivity index (χ4v) is 5.08. The topological polar surface area (TPSA) is 78.4 Å². The largest absolute Gasteiger partial charge is 0.353 e. The van der Waals surface area contributed by atoms with Crippen LogP contribution in [0.4, 0.5) is 5.13 Å². The lowest BCUT2D eigenvalue weighted by molar-refractivity contribution is -0.131. The Hall–Kier alpha value is -1.35. The Morgan fingerprint density at radius 2 is 1.92 bits per heavy atom. The molecule has 2 heterocycles. The van der Waals surface area contributed by atoms with Crippen LogP contribution in [0.25, 0.3) is 0 Å². The summed E-state index contributed by atoms with van der Waals surface area (Å²) >= 11 is 2.98. The highest BCUT2D eigenvalue weighted by molar-refractivity contribution is 8.01. The molecular formula is C17H27N5O2S2. The van der Waals surface area contributed by atoms with Gasteiger partial charge in [-0.2, -0.15) is 0 Å². The molecule has 9 heteroatoms. The van der Waals surface area contributed by atoms with E-state index in [-0.39, 0.29) is 11.8 Å². The lowest BCUT2D eigenvalue weighted by atomic mass is 10.2. The molecule has 0 atom stereocenters. The number of nitrogens with zero attached hydrogens (tertiary/aromatic N) is 4. The molecular weight excluding hydrogens is 370 g/mol. The number of amides is 2. The Bertz CT molecular complexity index is 610. The SMILES string of the molecule is CCCC(=O)N1CCN(c2nnc(SCC(=O)NC3CCCC3)s2)CC1. The van der Waals surface area contributed by atoms with Gasteiger partial charge in [-0.15, -0.1) is 10.2 Å². The van der Waals surface area contributed by atoms with Crippen LogP contribution in [0.1, 0.15) is 45.4 Å². The molecule has 1 aromatic rings. The molecule has 0 radical (unpaired) electrons. The van der Waals surface area contributed by atoms with E-state index in [0.29, 0.717) is 18.2 Å². The Kier molecular flexibility index (Phi) is 7.13. The van der Waals surface area contributed by atoms with Crippen LogP contribution in [0.5, 0.6) is 0 Å². The maximum Gasteiger partial charge on any atom is 0.230 e. The van der Waals surface area contributed by atoms with Crippen LogP contribution in [-0.4, -0.2) is 64.9 Å².